The van der Waals surface area contributed by atoms with Crippen LogP contribution in [0.3, 0.4) is 0 Å². The van der Waals surface area contributed by atoms with Gasteiger partial charge in [-0.2, -0.15) is 0 Å². The van der Waals surface area contributed by atoms with E-state index in [1.807, 2.05) is 25.1 Å². The van der Waals surface area contributed by atoms with Crippen molar-refractivity contribution in [3.63, 3.8) is 0 Å². The highest BCUT2D eigenvalue weighted by Gasteiger charge is 2.24. The maximum Gasteiger partial charge on any atom is 0.252 e. The fraction of sp³-hybridized carbons (Fsp3) is 0.619. The minimum absolute atomic E-state index is 0.0544. The Kier molecular flexibility index (Phi) is 7.48. The molecule has 1 aliphatic carbocycles. The first kappa shape index (κ1) is 19.5. The SMILES string of the molecule is Cc1ccccc1C(=O)NC(CC(C)C)C(=O)NCC1CCCCC1. The molecule has 1 saturated carbocycles. The van der Waals surface area contributed by atoms with Crippen LogP contribution in [0.5, 0.6) is 0 Å². The van der Waals surface area contributed by atoms with Crippen molar-refractivity contribution in [3.05, 3.63) is 35.4 Å². The van der Waals surface area contributed by atoms with Gasteiger partial charge in [-0.15, -0.1) is 0 Å². The third-order valence-corrected chi connectivity index (χ3v) is 5.01. The zero-order valence-electron chi connectivity index (χ0n) is 15.8. The first-order valence-corrected chi connectivity index (χ1v) is 9.61. The van der Waals surface area contributed by atoms with Gasteiger partial charge in [0.15, 0.2) is 0 Å². The number of rotatable bonds is 7. The van der Waals surface area contributed by atoms with E-state index in [1.165, 1.54) is 32.1 Å². The molecule has 0 bridgehead atoms. The van der Waals surface area contributed by atoms with Crippen LogP contribution < -0.4 is 10.6 Å². The van der Waals surface area contributed by atoms with Gasteiger partial charge in [0.2, 0.25) is 5.91 Å². The van der Waals surface area contributed by atoms with Crippen molar-refractivity contribution in [1.82, 2.24) is 10.6 Å². The van der Waals surface area contributed by atoms with Gasteiger partial charge < -0.3 is 10.6 Å². The number of carbonyl (C=O) groups excluding carboxylic acids is 2. The Morgan fingerprint density at radius 3 is 2.44 bits per heavy atom. The normalized spacial score (nSPS) is 16.5. The molecule has 0 aliphatic heterocycles. The van der Waals surface area contributed by atoms with Crippen LogP contribution in [0.4, 0.5) is 0 Å². The largest absolute Gasteiger partial charge is 0.354 e. The summed E-state index contributed by atoms with van der Waals surface area (Å²) in [5, 5.41) is 6.02. The Morgan fingerprint density at radius 1 is 1.12 bits per heavy atom. The lowest BCUT2D eigenvalue weighted by Crippen LogP contribution is -2.48. The third kappa shape index (κ3) is 6.18. The van der Waals surface area contributed by atoms with Gasteiger partial charge in [-0.1, -0.05) is 51.3 Å². The van der Waals surface area contributed by atoms with E-state index in [2.05, 4.69) is 24.5 Å². The highest BCUT2D eigenvalue weighted by Crippen LogP contribution is 2.22. The zero-order valence-corrected chi connectivity index (χ0v) is 15.8. The van der Waals surface area contributed by atoms with Crippen molar-refractivity contribution in [2.45, 2.75) is 65.3 Å². The molecule has 0 saturated heterocycles. The first-order chi connectivity index (χ1) is 12.0. The fourth-order valence-electron chi connectivity index (χ4n) is 3.53. The van der Waals surface area contributed by atoms with E-state index in [9.17, 15) is 9.59 Å². The van der Waals surface area contributed by atoms with Gasteiger partial charge in [-0.25, -0.2) is 0 Å². The van der Waals surface area contributed by atoms with E-state index in [1.54, 1.807) is 6.07 Å². The van der Waals surface area contributed by atoms with Gasteiger partial charge in [-0.05, 0) is 49.7 Å². The molecule has 2 rings (SSSR count). The van der Waals surface area contributed by atoms with E-state index in [0.717, 1.165) is 12.1 Å². The molecule has 0 radical (unpaired) electrons. The molecule has 1 aliphatic rings. The molecule has 0 aromatic heterocycles. The first-order valence-electron chi connectivity index (χ1n) is 9.61. The van der Waals surface area contributed by atoms with Gasteiger partial charge in [-0.3, -0.25) is 9.59 Å². The number of nitrogens with one attached hydrogen (secondary N) is 2. The van der Waals surface area contributed by atoms with Crippen molar-refractivity contribution in [2.24, 2.45) is 11.8 Å². The maximum atomic E-state index is 12.6. The molecule has 138 valence electrons. The molecule has 2 N–H and O–H groups in total. The van der Waals surface area contributed by atoms with Gasteiger partial charge in [0.05, 0.1) is 0 Å². The van der Waals surface area contributed by atoms with Gasteiger partial charge in [0, 0.05) is 12.1 Å². The predicted octanol–water partition coefficient (Wildman–Crippen LogP) is 3.84. The average molecular weight is 344 g/mol. The zero-order chi connectivity index (χ0) is 18.2. The van der Waals surface area contributed by atoms with Crippen LogP contribution >= 0.6 is 0 Å². The Balaban J connectivity index is 1.95. The van der Waals surface area contributed by atoms with Gasteiger partial charge >= 0.3 is 0 Å². The average Bonchev–Trinajstić information content (AvgIpc) is 2.60. The Morgan fingerprint density at radius 2 is 1.80 bits per heavy atom. The molecule has 1 aromatic carbocycles. The Bertz CT molecular complexity index is 577. The summed E-state index contributed by atoms with van der Waals surface area (Å²) in [5.41, 5.74) is 1.56. The highest BCUT2D eigenvalue weighted by atomic mass is 16.2. The molecule has 0 heterocycles. The standard InChI is InChI=1S/C21H32N2O2/c1-15(2)13-19(21(25)22-14-17-10-5-4-6-11-17)23-20(24)18-12-8-7-9-16(18)3/h7-9,12,15,17,19H,4-6,10-11,13-14H2,1-3H3,(H,22,25)(H,23,24). The summed E-state index contributed by atoms with van der Waals surface area (Å²) in [6.45, 7) is 6.78. The summed E-state index contributed by atoms with van der Waals surface area (Å²) in [5.74, 6) is 0.699. The van der Waals surface area contributed by atoms with Crippen LogP contribution in [0.15, 0.2) is 24.3 Å². The number of benzene rings is 1. The minimum Gasteiger partial charge on any atom is -0.354 e. The van der Waals surface area contributed by atoms with Crippen molar-refractivity contribution in [1.29, 1.82) is 0 Å². The van der Waals surface area contributed by atoms with E-state index in [4.69, 9.17) is 0 Å². The van der Waals surface area contributed by atoms with Crippen molar-refractivity contribution in [3.8, 4) is 0 Å². The summed E-state index contributed by atoms with van der Waals surface area (Å²) in [6, 6.07) is 7.00. The maximum absolute atomic E-state index is 12.6. The summed E-state index contributed by atoms with van der Waals surface area (Å²) < 4.78 is 0. The fourth-order valence-corrected chi connectivity index (χ4v) is 3.53. The number of hydrogen-bond acceptors (Lipinski definition) is 2. The minimum atomic E-state index is -0.476. The van der Waals surface area contributed by atoms with Crippen molar-refractivity contribution in [2.75, 3.05) is 6.54 Å². The smallest absolute Gasteiger partial charge is 0.252 e. The van der Waals surface area contributed by atoms with Crippen LogP contribution in [-0.4, -0.2) is 24.4 Å². The van der Waals surface area contributed by atoms with E-state index >= 15 is 0 Å². The topological polar surface area (TPSA) is 58.2 Å². The van der Waals surface area contributed by atoms with Gasteiger partial charge in [0.25, 0.3) is 5.91 Å². The molecule has 4 nitrogen and oxygen atoms in total. The van der Waals surface area contributed by atoms with E-state index < -0.39 is 6.04 Å². The van der Waals surface area contributed by atoms with E-state index in [-0.39, 0.29) is 11.8 Å². The predicted molar refractivity (Wildman–Crippen MR) is 101 cm³/mol. The molecule has 0 spiro atoms. The molecule has 1 aromatic rings. The molecule has 2 amide bonds. The highest BCUT2D eigenvalue weighted by molar-refractivity contribution is 5.98. The quantitative estimate of drug-likeness (QED) is 0.789. The second-order valence-corrected chi connectivity index (χ2v) is 7.72. The second-order valence-electron chi connectivity index (χ2n) is 7.72. The number of carbonyl (C=O) groups is 2. The molecule has 4 heteroatoms. The summed E-state index contributed by atoms with van der Waals surface area (Å²) in [7, 11) is 0. The van der Waals surface area contributed by atoms with Crippen molar-refractivity contribution >= 4 is 11.8 Å². The number of amides is 2. The summed E-state index contributed by atoms with van der Waals surface area (Å²) in [6.07, 6.45) is 6.89. The summed E-state index contributed by atoms with van der Waals surface area (Å²) >= 11 is 0. The third-order valence-electron chi connectivity index (χ3n) is 5.01. The second kappa shape index (κ2) is 9.59. The van der Waals surface area contributed by atoms with Crippen LogP contribution in [0, 0.1) is 18.8 Å². The van der Waals surface area contributed by atoms with Crippen LogP contribution in [-0.2, 0) is 4.79 Å². The van der Waals surface area contributed by atoms with Crippen LogP contribution in [0.2, 0.25) is 0 Å². The van der Waals surface area contributed by atoms with Crippen LogP contribution in [0.1, 0.15) is 68.3 Å². The monoisotopic (exact) mass is 344 g/mol. The Labute approximate surface area is 151 Å². The van der Waals surface area contributed by atoms with E-state index in [0.29, 0.717) is 23.8 Å². The summed E-state index contributed by atoms with van der Waals surface area (Å²) in [4.78, 5) is 25.2. The molecular formula is C21H32N2O2. The molecule has 1 atom stereocenters. The van der Waals surface area contributed by atoms with Crippen molar-refractivity contribution < 1.29 is 9.59 Å². The Hall–Kier alpha value is -1.84. The molecule has 1 fully saturated rings. The number of aryl methyl sites for hydroxylation is 1. The molecule has 1 unspecified atom stereocenters. The lowest BCUT2D eigenvalue weighted by atomic mass is 9.89. The van der Waals surface area contributed by atoms with Crippen LogP contribution in [0.25, 0.3) is 0 Å². The van der Waals surface area contributed by atoms with Gasteiger partial charge in [0.1, 0.15) is 6.04 Å². The lowest BCUT2D eigenvalue weighted by molar-refractivity contribution is -0.123. The lowest BCUT2D eigenvalue weighted by Gasteiger charge is -2.24. The number of hydrogen-bond donors (Lipinski definition) is 2. The molecule has 25 heavy (non-hydrogen) atoms. The molecular weight excluding hydrogens is 312 g/mol.